The minimum atomic E-state index is -0.0819. The van der Waals surface area contributed by atoms with Crippen molar-refractivity contribution in [2.24, 2.45) is 7.05 Å². The van der Waals surface area contributed by atoms with Crippen LogP contribution in [0.2, 0.25) is 5.02 Å². The van der Waals surface area contributed by atoms with Crippen molar-refractivity contribution in [3.05, 3.63) is 95.1 Å². The van der Waals surface area contributed by atoms with Gasteiger partial charge in [0.25, 0.3) is 0 Å². The third-order valence-corrected chi connectivity index (χ3v) is 7.42. The second-order valence-electron chi connectivity index (χ2n) is 9.41. The fourth-order valence-electron chi connectivity index (χ4n) is 5.11. The van der Waals surface area contributed by atoms with E-state index in [2.05, 4.69) is 66.0 Å². The highest BCUT2D eigenvalue weighted by molar-refractivity contribution is 6.30. The Kier molecular flexibility index (Phi) is 7.30. The van der Waals surface area contributed by atoms with Gasteiger partial charge >= 0.3 is 0 Å². The van der Waals surface area contributed by atoms with Crippen LogP contribution in [0.3, 0.4) is 0 Å². The van der Waals surface area contributed by atoms with Gasteiger partial charge in [-0.3, -0.25) is 4.79 Å². The number of carbonyl (C=O) groups excluding carboxylic acids is 1. The molecule has 0 unspecified atom stereocenters. The summed E-state index contributed by atoms with van der Waals surface area (Å²) in [5.74, 6) is 1.58. The van der Waals surface area contributed by atoms with Crippen LogP contribution in [0, 0.1) is 0 Å². The lowest BCUT2D eigenvalue weighted by atomic mass is 9.87. The highest BCUT2D eigenvalue weighted by atomic mass is 35.5. The summed E-state index contributed by atoms with van der Waals surface area (Å²) in [5.41, 5.74) is 3.39. The van der Waals surface area contributed by atoms with Crippen molar-refractivity contribution in [3.8, 4) is 11.5 Å². The van der Waals surface area contributed by atoms with Crippen LogP contribution in [0.5, 0.6) is 11.5 Å². The van der Waals surface area contributed by atoms with Gasteiger partial charge in [-0.25, -0.2) is 0 Å². The second kappa shape index (κ2) is 10.8. The molecule has 3 aromatic carbocycles. The molecular weight excluding hydrogens is 470 g/mol. The summed E-state index contributed by atoms with van der Waals surface area (Å²) in [5, 5.41) is 1.85. The molecule has 6 heteroatoms. The number of piperazine rings is 1. The second-order valence-corrected chi connectivity index (χ2v) is 9.85. The van der Waals surface area contributed by atoms with Crippen LogP contribution in [-0.4, -0.2) is 53.0 Å². The van der Waals surface area contributed by atoms with Gasteiger partial charge in [-0.1, -0.05) is 48.9 Å². The van der Waals surface area contributed by atoms with Crippen molar-refractivity contribution in [1.29, 1.82) is 0 Å². The van der Waals surface area contributed by atoms with Gasteiger partial charge in [-0.15, -0.1) is 0 Å². The van der Waals surface area contributed by atoms with Crippen molar-refractivity contribution in [1.82, 2.24) is 14.4 Å². The van der Waals surface area contributed by atoms with Crippen molar-refractivity contribution in [2.45, 2.75) is 19.3 Å². The fraction of sp³-hybridized carbons (Fsp3) is 0.300. The number of aromatic nitrogens is 1. The lowest BCUT2D eigenvalue weighted by Gasteiger charge is -2.35. The summed E-state index contributed by atoms with van der Waals surface area (Å²) in [6.07, 6.45) is 2.59. The van der Waals surface area contributed by atoms with E-state index in [1.165, 1.54) is 5.39 Å². The van der Waals surface area contributed by atoms with E-state index >= 15 is 0 Å². The first-order valence-electron chi connectivity index (χ1n) is 12.6. The number of hydrogen-bond donors (Lipinski definition) is 0. The summed E-state index contributed by atoms with van der Waals surface area (Å²) >= 11 is 6.03. The number of hydrogen-bond acceptors (Lipinski definition) is 3. The molecule has 1 amide bonds. The zero-order valence-corrected chi connectivity index (χ0v) is 21.6. The Labute approximate surface area is 217 Å². The maximum Gasteiger partial charge on any atom is 0.223 e. The highest BCUT2D eigenvalue weighted by Crippen LogP contribution is 2.37. The van der Waals surface area contributed by atoms with E-state index in [1.807, 2.05) is 41.3 Å². The summed E-state index contributed by atoms with van der Waals surface area (Å²) in [4.78, 5) is 18.0. The Morgan fingerprint density at radius 3 is 2.44 bits per heavy atom. The number of likely N-dealkylation sites (N-methyl/N-ethyl adjacent to an activating group) is 1. The third-order valence-electron chi connectivity index (χ3n) is 7.16. The molecular formula is C30H32ClN3O2. The fourth-order valence-corrected chi connectivity index (χ4v) is 5.23. The van der Waals surface area contributed by atoms with E-state index in [0.29, 0.717) is 11.4 Å². The average molecular weight is 502 g/mol. The molecule has 1 saturated heterocycles. The smallest absolute Gasteiger partial charge is 0.223 e. The number of carbonyl (C=O) groups is 1. The average Bonchev–Trinajstić information content (AvgIpc) is 3.25. The first kappa shape index (κ1) is 24.4. The van der Waals surface area contributed by atoms with Crippen LogP contribution >= 0.6 is 11.6 Å². The molecule has 0 radical (unpaired) electrons. The first-order chi connectivity index (χ1) is 17.5. The highest BCUT2D eigenvalue weighted by Gasteiger charge is 2.27. The van der Waals surface area contributed by atoms with Crippen LogP contribution in [0.4, 0.5) is 0 Å². The van der Waals surface area contributed by atoms with Gasteiger partial charge in [-0.2, -0.15) is 0 Å². The van der Waals surface area contributed by atoms with Crippen LogP contribution in [0.25, 0.3) is 10.9 Å². The molecule has 1 aliphatic heterocycles. The van der Waals surface area contributed by atoms with E-state index in [4.69, 9.17) is 16.3 Å². The molecule has 0 N–H and O–H groups in total. The summed E-state index contributed by atoms with van der Waals surface area (Å²) < 4.78 is 8.28. The molecule has 186 valence electrons. The number of fused-ring (bicyclic) bond motifs is 1. The van der Waals surface area contributed by atoms with Gasteiger partial charge in [0.15, 0.2) is 0 Å². The zero-order valence-electron chi connectivity index (χ0n) is 20.9. The molecule has 0 aliphatic carbocycles. The Balaban J connectivity index is 1.47. The molecule has 4 aromatic rings. The van der Waals surface area contributed by atoms with Gasteiger partial charge in [0.1, 0.15) is 11.5 Å². The molecule has 1 aliphatic rings. The Bertz CT molecular complexity index is 1340. The Morgan fingerprint density at radius 1 is 0.944 bits per heavy atom. The first-order valence-corrected chi connectivity index (χ1v) is 13.0. The van der Waals surface area contributed by atoms with E-state index in [9.17, 15) is 4.79 Å². The van der Waals surface area contributed by atoms with E-state index in [1.54, 1.807) is 0 Å². The molecule has 2 heterocycles. The minimum absolute atomic E-state index is 0.0819. The normalized spacial score (nSPS) is 15.2. The number of para-hydroxylation sites is 1. The van der Waals surface area contributed by atoms with Crippen LogP contribution < -0.4 is 4.74 Å². The largest absolute Gasteiger partial charge is 0.457 e. The van der Waals surface area contributed by atoms with Crippen molar-refractivity contribution in [2.75, 3.05) is 32.7 Å². The number of amides is 1. The van der Waals surface area contributed by atoms with Crippen molar-refractivity contribution < 1.29 is 9.53 Å². The molecule has 0 saturated carbocycles. The topological polar surface area (TPSA) is 37.7 Å². The van der Waals surface area contributed by atoms with Gasteiger partial charge in [0.2, 0.25) is 5.91 Å². The summed E-state index contributed by atoms with van der Waals surface area (Å²) in [6.45, 7) is 6.65. The third kappa shape index (κ3) is 5.28. The number of halogens is 1. The summed E-state index contributed by atoms with van der Waals surface area (Å²) in [6, 6.07) is 23.9. The number of nitrogens with zero attached hydrogens (tertiary/aromatic N) is 3. The van der Waals surface area contributed by atoms with E-state index in [-0.39, 0.29) is 11.8 Å². The van der Waals surface area contributed by atoms with Crippen LogP contribution in [0.1, 0.15) is 30.4 Å². The molecule has 5 nitrogen and oxygen atoms in total. The quantitative estimate of drug-likeness (QED) is 0.298. The zero-order chi connectivity index (χ0) is 25.1. The number of aryl methyl sites for hydroxylation is 1. The van der Waals surface area contributed by atoms with E-state index < -0.39 is 0 Å². The molecule has 5 rings (SSSR count). The minimum Gasteiger partial charge on any atom is -0.457 e. The Hall–Kier alpha value is -3.28. The van der Waals surface area contributed by atoms with Gasteiger partial charge < -0.3 is 19.1 Å². The molecule has 36 heavy (non-hydrogen) atoms. The predicted octanol–water partition coefficient (Wildman–Crippen LogP) is 6.31. The maximum atomic E-state index is 13.6. The number of benzene rings is 3. The lowest BCUT2D eigenvalue weighted by Crippen LogP contribution is -2.48. The molecule has 1 atom stereocenters. The lowest BCUT2D eigenvalue weighted by molar-refractivity contribution is -0.133. The maximum absolute atomic E-state index is 13.6. The van der Waals surface area contributed by atoms with Gasteiger partial charge in [0.05, 0.1) is 0 Å². The number of rotatable bonds is 7. The predicted molar refractivity (Wildman–Crippen MR) is 146 cm³/mol. The van der Waals surface area contributed by atoms with Crippen LogP contribution in [0.15, 0.2) is 79.0 Å². The SMILES string of the molecule is CCN1CCN(C(=O)C[C@@H](c2cccc(Oc3ccc(Cl)cc3)c2)c2cn(C)c3ccccc23)CC1. The summed E-state index contributed by atoms with van der Waals surface area (Å²) in [7, 11) is 2.06. The molecule has 1 aromatic heterocycles. The molecule has 1 fully saturated rings. The van der Waals surface area contributed by atoms with Crippen molar-refractivity contribution in [3.63, 3.8) is 0 Å². The van der Waals surface area contributed by atoms with Gasteiger partial charge in [0, 0.05) is 67.7 Å². The van der Waals surface area contributed by atoms with E-state index in [0.717, 1.165) is 60.9 Å². The van der Waals surface area contributed by atoms with Gasteiger partial charge in [-0.05, 0) is 60.1 Å². The Morgan fingerprint density at radius 2 is 1.69 bits per heavy atom. The molecule has 0 spiro atoms. The molecule has 0 bridgehead atoms. The monoisotopic (exact) mass is 501 g/mol. The standard InChI is InChI=1S/C30H32ClN3O2/c1-3-33-15-17-34(18-16-33)30(35)20-27(28-21-32(2)29-10-5-4-9-26(28)29)22-7-6-8-25(19-22)36-24-13-11-23(31)12-14-24/h4-14,19,21,27H,3,15-18,20H2,1-2H3/t27-/m0/s1. The number of ether oxygens (including phenoxy) is 1. The van der Waals surface area contributed by atoms with Crippen LogP contribution in [-0.2, 0) is 11.8 Å². The van der Waals surface area contributed by atoms with Crippen molar-refractivity contribution >= 4 is 28.4 Å².